The Morgan fingerprint density at radius 1 is 1.62 bits per heavy atom. The summed E-state index contributed by atoms with van der Waals surface area (Å²) in [5, 5.41) is 9.77. The average molecular weight is 309 g/mol. The van der Waals surface area contributed by atoms with Crippen LogP contribution in [0.15, 0.2) is 18.2 Å². The highest BCUT2D eigenvalue weighted by Gasteiger charge is 2.23. The quantitative estimate of drug-likeness (QED) is 0.799. The molecule has 1 atom stereocenters. The highest BCUT2D eigenvalue weighted by molar-refractivity contribution is 6.30. The number of morpholine rings is 1. The zero-order valence-electron chi connectivity index (χ0n) is 11.8. The first-order valence-corrected chi connectivity index (χ1v) is 7.15. The van der Waals surface area contributed by atoms with E-state index in [-0.39, 0.29) is 12.1 Å². The maximum absolute atomic E-state index is 11.2. The van der Waals surface area contributed by atoms with Gasteiger partial charge in [0, 0.05) is 24.5 Å². The van der Waals surface area contributed by atoms with Crippen molar-refractivity contribution < 1.29 is 14.3 Å². The fourth-order valence-corrected chi connectivity index (χ4v) is 2.54. The predicted octanol–water partition coefficient (Wildman–Crippen LogP) is 2.37. The molecule has 0 aromatic heterocycles. The third-order valence-corrected chi connectivity index (χ3v) is 3.69. The number of ether oxygens (including phenoxy) is 2. The number of benzene rings is 1. The van der Waals surface area contributed by atoms with E-state index >= 15 is 0 Å². The van der Waals surface area contributed by atoms with Crippen LogP contribution in [0.1, 0.15) is 18.4 Å². The third-order valence-electron chi connectivity index (χ3n) is 3.46. The first kappa shape index (κ1) is 15.6. The van der Waals surface area contributed by atoms with E-state index in [1.807, 2.05) is 6.07 Å². The predicted molar refractivity (Wildman–Crippen MR) is 79.4 cm³/mol. The van der Waals surface area contributed by atoms with Gasteiger partial charge in [-0.25, -0.2) is 0 Å². The van der Waals surface area contributed by atoms with E-state index in [2.05, 4.69) is 15.7 Å². The molecule has 21 heavy (non-hydrogen) atoms. The molecule has 112 valence electrons. The number of hydrogen-bond donors (Lipinski definition) is 0. The minimum atomic E-state index is -0.236. The SMILES string of the molecule is COC(=O)CCC1CN(c2ccc(Cl)cc2C#N)CCO1. The van der Waals surface area contributed by atoms with Crippen LogP contribution in [0, 0.1) is 11.3 Å². The van der Waals surface area contributed by atoms with Gasteiger partial charge in [-0.3, -0.25) is 4.79 Å². The molecule has 1 fully saturated rings. The van der Waals surface area contributed by atoms with Crippen LogP contribution >= 0.6 is 11.6 Å². The first-order chi connectivity index (χ1) is 10.1. The molecule has 0 aliphatic carbocycles. The summed E-state index contributed by atoms with van der Waals surface area (Å²) in [6.45, 7) is 1.93. The fourth-order valence-electron chi connectivity index (χ4n) is 2.37. The van der Waals surface area contributed by atoms with E-state index in [9.17, 15) is 10.1 Å². The fraction of sp³-hybridized carbons (Fsp3) is 0.467. The second-order valence-corrected chi connectivity index (χ2v) is 5.26. The molecule has 1 aromatic carbocycles. The van der Waals surface area contributed by atoms with Crippen LogP contribution in [0.2, 0.25) is 5.02 Å². The number of nitriles is 1. The van der Waals surface area contributed by atoms with Gasteiger partial charge in [0.15, 0.2) is 0 Å². The van der Waals surface area contributed by atoms with Crippen molar-refractivity contribution >= 4 is 23.3 Å². The number of esters is 1. The molecule has 1 aliphatic heterocycles. The minimum absolute atomic E-state index is 0.0416. The number of methoxy groups -OCH3 is 1. The zero-order valence-corrected chi connectivity index (χ0v) is 12.6. The second-order valence-electron chi connectivity index (χ2n) is 4.83. The molecular formula is C15H17ClN2O3. The Morgan fingerprint density at radius 3 is 3.14 bits per heavy atom. The number of rotatable bonds is 4. The van der Waals surface area contributed by atoms with Gasteiger partial charge >= 0.3 is 5.97 Å². The number of hydrogen-bond acceptors (Lipinski definition) is 5. The summed E-state index contributed by atoms with van der Waals surface area (Å²) in [6.07, 6.45) is 0.902. The number of carbonyl (C=O) groups is 1. The maximum atomic E-state index is 11.2. The molecule has 1 heterocycles. The van der Waals surface area contributed by atoms with Crippen molar-refractivity contribution in [3.63, 3.8) is 0 Å². The van der Waals surface area contributed by atoms with Gasteiger partial charge < -0.3 is 14.4 Å². The van der Waals surface area contributed by atoms with Crippen LogP contribution in [0.25, 0.3) is 0 Å². The summed E-state index contributed by atoms with van der Waals surface area (Å²) in [4.78, 5) is 13.3. The molecule has 5 nitrogen and oxygen atoms in total. The highest BCUT2D eigenvalue weighted by Crippen LogP contribution is 2.26. The van der Waals surface area contributed by atoms with Crippen LogP contribution in [0.4, 0.5) is 5.69 Å². The molecular weight excluding hydrogens is 292 g/mol. The standard InChI is InChI=1S/C15H17ClN2O3/c1-20-15(19)5-3-13-10-18(6-7-21-13)14-4-2-12(16)8-11(14)9-17/h2,4,8,13H,3,5-7,10H2,1H3. The van der Waals surface area contributed by atoms with Crippen LogP contribution in [0.3, 0.4) is 0 Å². The van der Waals surface area contributed by atoms with Crippen molar-refractivity contribution in [2.45, 2.75) is 18.9 Å². The Labute approximate surface area is 129 Å². The van der Waals surface area contributed by atoms with Crippen LogP contribution in [-0.4, -0.2) is 38.9 Å². The Bertz CT molecular complexity index is 556. The van der Waals surface area contributed by atoms with Crippen molar-refractivity contribution in [2.24, 2.45) is 0 Å². The topological polar surface area (TPSA) is 62.6 Å². The molecule has 1 aliphatic rings. The van der Waals surface area contributed by atoms with Crippen molar-refractivity contribution in [1.29, 1.82) is 5.26 Å². The Morgan fingerprint density at radius 2 is 2.43 bits per heavy atom. The van der Waals surface area contributed by atoms with Crippen LogP contribution < -0.4 is 4.90 Å². The van der Waals surface area contributed by atoms with Crippen LogP contribution in [-0.2, 0) is 14.3 Å². The molecule has 0 amide bonds. The number of halogens is 1. The molecule has 1 unspecified atom stereocenters. The summed E-state index contributed by atoms with van der Waals surface area (Å²) >= 11 is 5.92. The van der Waals surface area contributed by atoms with Crippen molar-refractivity contribution in [3.8, 4) is 6.07 Å². The van der Waals surface area contributed by atoms with Gasteiger partial charge in [0.1, 0.15) is 6.07 Å². The van der Waals surface area contributed by atoms with Gasteiger partial charge in [-0.2, -0.15) is 5.26 Å². The summed E-state index contributed by atoms with van der Waals surface area (Å²) in [5.74, 6) is -0.236. The van der Waals surface area contributed by atoms with E-state index in [0.717, 1.165) is 5.69 Å². The Balaban J connectivity index is 2.04. The lowest BCUT2D eigenvalue weighted by Gasteiger charge is -2.35. The summed E-state index contributed by atoms with van der Waals surface area (Å²) < 4.78 is 10.3. The molecule has 6 heteroatoms. The molecule has 0 radical (unpaired) electrons. The average Bonchev–Trinajstić information content (AvgIpc) is 2.52. The van der Waals surface area contributed by atoms with E-state index < -0.39 is 0 Å². The third kappa shape index (κ3) is 4.10. The van der Waals surface area contributed by atoms with Crippen molar-refractivity contribution in [1.82, 2.24) is 0 Å². The van der Waals surface area contributed by atoms with E-state index in [1.165, 1.54) is 7.11 Å². The second kappa shape index (κ2) is 7.30. The van der Waals surface area contributed by atoms with E-state index in [1.54, 1.807) is 12.1 Å². The molecule has 0 N–H and O–H groups in total. The van der Waals surface area contributed by atoms with E-state index in [4.69, 9.17) is 16.3 Å². The zero-order chi connectivity index (χ0) is 15.2. The van der Waals surface area contributed by atoms with Gasteiger partial charge in [-0.1, -0.05) is 11.6 Å². The van der Waals surface area contributed by atoms with Crippen molar-refractivity contribution in [2.75, 3.05) is 31.7 Å². The molecule has 2 rings (SSSR count). The lowest BCUT2D eigenvalue weighted by molar-refractivity contribution is -0.141. The van der Waals surface area contributed by atoms with Crippen molar-refractivity contribution in [3.05, 3.63) is 28.8 Å². The molecule has 0 saturated carbocycles. The maximum Gasteiger partial charge on any atom is 0.305 e. The molecule has 1 saturated heterocycles. The number of nitrogens with zero attached hydrogens (tertiary/aromatic N) is 2. The Kier molecular flexibility index (Phi) is 5.43. The Hall–Kier alpha value is -1.77. The molecule has 0 spiro atoms. The lowest BCUT2D eigenvalue weighted by atomic mass is 10.1. The lowest BCUT2D eigenvalue weighted by Crippen LogP contribution is -2.43. The largest absolute Gasteiger partial charge is 0.469 e. The summed E-state index contributed by atoms with van der Waals surface area (Å²) in [5.41, 5.74) is 1.41. The van der Waals surface area contributed by atoms with E-state index in [0.29, 0.717) is 43.1 Å². The number of anilines is 1. The van der Waals surface area contributed by atoms with Gasteiger partial charge in [0.25, 0.3) is 0 Å². The van der Waals surface area contributed by atoms with Gasteiger partial charge in [0.2, 0.25) is 0 Å². The van der Waals surface area contributed by atoms with Crippen LogP contribution in [0.5, 0.6) is 0 Å². The van der Waals surface area contributed by atoms with Gasteiger partial charge in [-0.05, 0) is 24.6 Å². The summed E-state index contributed by atoms with van der Waals surface area (Å²) in [7, 11) is 1.38. The summed E-state index contributed by atoms with van der Waals surface area (Å²) in [6, 6.07) is 7.45. The normalized spacial score (nSPS) is 18.1. The van der Waals surface area contributed by atoms with Gasteiger partial charge in [-0.15, -0.1) is 0 Å². The van der Waals surface area contributed by atoms with Gasteiger partial charge in [0.05, 0.1) is 31.1 Å². The smallest absolute Gasteiger partial charge is 0.305 e. The monoisotopic (exact) mass is 308 g/mol. The highest BCUT2D eigenvalue weighted by atomic mass is 35.5. The minimum Gasteiger partial charge on any atom is -0.469 e. The molecule has 1 aromatic rings. The number of carbonyl (C=O) groups excluding carboxylic acids is 1. The molecule has 0 bridgehead atoms. The first-order valence-electron chi connectivity index (χ1n) is 6.77.